The Labute approximate surface area is 109 Å². The molecule has 1 aliphatic rings. The topological polar surface area (TPSA) is 29.3 Å². The summed E-state index contributed by atoms with van der Waals surface area (Å²) in [6, 6.07) is 8.27. The first kappa shape index (κ1) is 12.9. The lowest BCUT2D eigenvalue weighted by Crippen LogP contribution is -2.37. The molecule has 0 amide bonds. The number of hydrogen-bond donors (Lipinski definition) is 1. The molecule has 1 aromatic carbocycles. The van der Waals surface area contributed by atoms with E-state index in [9.17, 15) is 0 Å². The second-order valence-corrected chi connectivity index (χ2v) is 5.34. The second kappa shape index (κ2) is 6.39. The molecular weight excluding hydrogens is 232 g/mol. The fourth-order valence-electron chi connectivity index (χ4n) is 2.55. The maximum absolute atomic E-state index is 5.89. The van der Waals surface area contributed by atoms with E-state index in [-0.39, 0.29) is 0 Å². The van der Waals surface area contributed by atoms with E-state index in [1.807, 2.05) is 12.1 Å². The van der Waals surface area contributed by atoms with Crippen LogP contribution in [0.5, 0.6) is 0 Å². The van der Waals surface area contributed by atoms with Crippen molar-refractivity contribution in [1.82, 2.24) is 4.90 Å². The van der Waals surface area contributed by atoms with Crippen molar-refractivity contribution in [3.8, 4) is 0 Å². The highest BCUT2D eigenvalue weighted by molar-refractivity contribution is 6.30. The van der Waals surface area contributed by atoms with Crippen LogP contribution in [-0.2, 0) is 6.42 Å². The molecular formula is C14H21ClN2. The Bertz CT molecular complexity index is 329. The number of halogens is 1. The molecule has 1 saturated heterocycles. The molecule has 0 aromatic heterocycles. The number of likely N-dealkylation sites (tertiary alicyclic amines) is 1. The highest BCUT2D eigenvalue weighted by atomic mass is 35.5. The number of benzene rings is 1. The predicted octanol–water partition coefficient (Wildman–Crippen LogP) is 2.55. The molecule has 0 radical (unpaired) electrons. The van der Waals surface area contributed by atoms with Gasteiger partial charge in [0.05, 0.1) is 0 Å². The third-order valence-corrected chi connectivity index (χ3v) is 3.84. The predicted molar refractivity (Wildman–Crippen MR) is 73.4 cm³/mol. The van der Waals surface area contributed by atoms with Gasteiger partial charge in [-0.2, -0.15) is 0 Å². The molecule has 1 heterocycles. The summed E-state index contributed by atoms with van der Waals surface area (Å²) < 4.78 is 0. The molecule has 2 rings (SSSR count). The zero-order valence-corrected chi connectivity index (χ0v) is 11.0. The number of hydrogen-bond acceptors (Lipinski definition) is 2. The minimum absolute atomic E-state index is 0.780. The Morgan fingerprint density at radius 1 is 1.18 bits per heavy atom. The van der Waals surface area contributed by atoms with Crippen molar-refractivity contribution in [3.63, 3.8) is 0 Å². The van der Waals surface area contributed by atoms with E-state index in [2.05, 4.69) is 17.0 Å². The largest absolute Gasteiger partial charge is 0.329 e. The number of nitrogens with zero attached hydrogens (tertiary/aromatic N) is 1. The second-order valence-electron chi connectivity index (χ2n) is 4.90. The summed E-state index contributed by atoms with van der Waals surface area (Å²) >= 11 is 5.89. The summed E-state index contributed by atoms with van der Waals surface area (Å²) in [6.07, 6.45) is 3.78. The van der Waals surface area contributed by atoms with E-state index in [1.54, 1.807) is 0 Å². The Morgan fingerprint density at radius 3 is 2.41 bits per heavy atom. The first-order chi connectivity index (χ1) is 8.28. The van der Waals surface area contributed by atoms with Gasteiger partial charge in [0.15, 0.2) is 0 Å². The molecule has 0 aliphatic carbocycles. The van der Waals surface area contributed by atoms with Crippen LogP contribution in [0.1, 0.15) is 18.4 Å². The summed E-state index contributed by atoms with van der Waals surface area (Å²) in [7, 11) is 0. The molecule has 17 heavy (non-hydrogen) atoms. The smallest absolute Gasteiger partial charge is 0.0406 e. The van der Waals surface area contributed by atoms with E-state index in [0.29, 0.717) is 0 Å². The highest BCUT2D eigenvalue weighted by Gasteiger charge is 2.18. The molecule has 94 valence electrons. The van der Waals surface area contributed by atoms with Crippen LogP contribution in [-0.4, -0.2) is 31.1 Å². The summed E-state index contributed by atoms with van der Waals surface area (Å²) in [4.78, 5) is 2.47. The van der Waals surface area contributed by atoms with Gasteiger partial charge in [-0.25, -0.2) is 0 Å². The SMILES string of the molecule is NCCN1CCC(Cc2ccc(Cl)cc2)CC1. The van der Waals surface area contributed by atoms with Crippen LogP contribution in [0.3, 0.4) is 0 Å². The Kier molecular flexibility index (Phi) is 4.84. The van der Waals surface area contributed by atoms with Crippen molar-refractivity contribution in [2.75, 3.05) is 26.2 Å². The first-order valence-electron chi connectivity index (χ1n) is 6.45. The average Bonchev–Trinajstić information content (AvgIpc) is 2.35. The average molecular weight is 253 g/mol. The molecule has 2 N–H and O–H groups in total. The Morgan fingerprint density at radius 2 is 1.82 bits per heavy atom. The lowest BCUT2D eigenvalue weighted by Gasteiger charge is -2.31. The molecule has 0 saturated carbocycles. The van der Waals surface area contributed by atoms with Crippen molar-refractivity contribution in [2.24, 2.45) is 11.7 Å². The molecule has 0 bridgehead atoms. The Hall–Kier alpha value is -0.570. The lowest BCUT2D eigenvalue weighted by atomic mass is 9.90. The first-order valence-corrected chi connectivity index (χ1v) is 6.82. The summed E-state index contributed by atoms with van der Waals surface area (Å²) in [5.41, 5.74) is 6.99. The molecule has 0 spiro atoms. The van der Waals surface area contributed by atoms with Gasteiger partial charge in [-0.1, -0.05) is 23.7 Å². The van der Waals surface area contributed by atoms with Gasteiger partial charge in [-0.15, -0.1) is 0 Å². The van der Waals surface area contributed by atoms with Gasteiger partial charge in [-0.3, -0.25) is 0 Å². The molecule has 0 atom stereocenters. The van der Waals surface area contributed by atoms with Crippen LogP contribution < -0.4 is 5.73 Å². The fraction of sp³-hybridized carbons (Fsp3) is 0.571. The molecule has 1 aromatic rings. The lowest BCUT2D eigenvalue weighted by molar-refractivity contribution is 0.188. The van der Waals surface area contributed by atoms with Crippen molar-refractivity contribution >= 4 is 11.6 Å². The molecule has 0 unspecified atom stereocenters. The van der Waals surface area contributed by atoms with Crippen molar-refractivity contribution in [3.05, 3.63) is 34.9 Å². The van der Waals surface area contributed by atoms with E-state index in [1.165, 1.54) is 37.9 Å². The van der Waals surface area contributed by atoms with Gasteiger partial charge >= 0.3 is 0 Å². The molecule has 3 heteroatoms. The number of nitrogens with two attached hydrogens (primary N) is 1. The van der Waals surface area contributed by atoms with Crippen LogP contribution in [0, 0.1) is 5.92 Å². The maximum Gasteiger partial charge on any atom is 0.0406 e. The van der Waals surface area contributed by atoms with Gasteiger partial charge in [-0.05, 0) is 56.0 Å². The van der Waals surface area contributed by atoms with Gasteiger partial charge in [0.2, 0.25) is 0 Å². The van der Waals surface area contributed by atoms with Crippen molar-refractivity contribution < 1.29 is 0 Å². The van der Waals surface area contributed by atoms with E-state index >= 15 is 0 Å². The van der Waals surface area contributed by atoms with E-state index in [0.717, 1.165) is 24.0 Å². The number of rotatable bonds is 4. The third kappa shape index (κ3) is 3.98. The molecule has 1 aliphatic heterocycles. The van der Waals surface area contributed by atoms with E-state index < -0.39 is 0 Å². The van der Waals surface area contributed by atoms with Crippen LogP contribution in [0.2, 0.25) is 5.02 Å². The molecule has 1 fully saturated rings. The van der Waals surface area contributed by atoms with Crippen molar-refractivity contribution in [2.45, 2.75) is 19.3 Å². The maximum atomic E-state index is 5.89. The van der Waals surface area contributed by atoms with Crippen LogP contribution >= 0.6 is 11.6 Å². The van der Waals surface area contributed by atoms with Crippen LogP contribution in [0.25, 0.3) is 0 Å². The van der Waals surface area contributed by atoms with Gasteiger partial charge in [0, 0.05) is 18.1 Å². The summed E-state index contributed by atoms with van der Waals surface area (Å²) in [6.45, 7) is 4.24. The summed E-state index contributed by atoms with van der Waals surface area (Å²) in [5.74, 6) is 0.824. The minimum Gasteiger partial charge on any atom is -0.329 e. The van der Waals surface area contributed by atoms with Crippen LogP contribution in [0.4, 0.5) is 0 Å². The zero-order valence-electron chi connectivity index (χ0n) is 10.2. The Balaban J connectivity index is 1.79. The third-order valence-electron chi connectivity index (χ3n) is 3.59. The zero-order chi connectivity index (χ0) is 12.1. The van der Waals surface area contributed by atoms with Gasteiger partial charge in [0.1, 0.15) is 0 Å². The van der Waals surface area contributed by atoms with Gasteiger partial charge < -0.3 is 10.6 Å². The van der Waals surface area contributed by atoms with Crippen molar-refractivity contribution in [1.29, 1.82) is 0 Å². The fourth-order valence-corrected chi connectivity index (χ4v) is 2.68. The van der Waals surface area contributed by atoms with E-state index in [4.69, 9.17) is 17.3 Å². The monoisotopic (exact) mass is 252 g/mol. The highest BCUT2D eigenvalue weighted by Crippen LogP contribution is 2.22. The number of piperidine rings is 1. The quantitative estimate of drug-likeness (QED) is 0.893. The normalized spacial score (nSPS) is 18.5. The minimum atomic E-state index is 0.780. The van der Waals surface area contributed by atoms with Crippen LogP contribution in [0.15, 0.2) is 24.3 Å². The standard InChI is InChI=1S/C14H21ClN2/c15-14-3-1-12(2-4-14)11-13-5-8-17(9-6-13)10-7-16/h1-4,13H,5-11,16H2. The van der Waals surface area contributed by atoms with Gasteiger partial charge in [0.25, 0.3) is 0 Å². The molecule has 2 nitrogen and oxygen atoms in total. The summed E-state index contributed by atoms with van der Waals surface area (Å²) in [5, 5.41) is 0.825.